The number of aromatic nitrogens is 1. The van der Waals surface area contributed by atoms with Gasteiger partial charge in [0.05, 0.1) is 21.3 Å². The van der Waals surface area contributed by atoms with E-state index in [0.717, 1.165) is 71.9 Å². The summed E-state index contributed by atoms with van der Waals surface area (Å²) in [5, 5.41) is 6.66. The van der Waals surface area contributed by atoms with Crippen LogP contribution in [0.5, 0.6) is 5.75 Å². The standard InChI is InChI=1S/C31H35Cl2N3O2.2ClH/c1-35(2)20-26-30(37-21-24-8-11-27(32)28(33)18-24)13-10-25-29(34-38-31(25)26)12-9-22-14-16-36(17-15-22)19-23-6-4-3-5-7-23;;/h3-8,10-11,13,18,22H,9,12,14-17,19-21H2,1-2H3;2*1H. The highest BCUT2D eigenvalue weighted by Gasteiger charge is 2.22. The van der Waals surface area contributed by atoms with Crippen molar-refractivity contribution in [1.82, 2.24) is 15.0 Å². The Morgan fingerprint density at radius 3 is 2.40 bits per heavy atom. The van der Waals surface area contributed by atoms with E-state index in [-0.39, 0.29) is 24.8 Å². The van der Waals surface area contributed by atoms with Crippen LogP contribution in [0.4, 0.5) is 0 Å². The first-order chi connectivity index (χ1) is 18.5. The molecule has 3 aromatic carbocycles. The fourth-order valence-corrected chi connectivity index (χ4v) is 5.60. The van der Waals surface area contributed by atoms with Gasteiger partial charge in [0.15, 0.2) is 5.58 Å². The van der Waals surface area contributed by atoms with Gasteiger partial charge in [-0.15, -0.1) is 24.8 Å². The number of nitrogens with zero attached hydrogens (tertiary/aromatic N) is 3. The number of hydrogen-bond donors (Lipinski definition) is 0. The van der Waals surface area contributed by atoms with Crippen LogP contribution in [-0.2, 0) is 26.1 Å². The number of rotatable bonds is 10. The minimum atomic E-state index is 0. The molecule has 0 unspecified atom stereocenters. The van der Waals surface area contributed by atoms with Crippen molar-refractivity contribution in [3.8, 4) is 5.75 Å². The van der Waals surface area contributed by atoms with E-state index in [1.54, 1.807) is 6.07 Å². The number of hydrogen-bond acceptors (Lipinski definition) is 5. The maximum absolute atomic E-state index is 6.22. The highest BCUT2D eigenvalue weighted by atomic mass is 35.5. The molecule has 0 radical (unpaired) electrons. The summed E-state index contributed by atoms with van der Waals surface area (Å²) < 4.78 is 12.2. The molecule has 0 amide bonds. The molecular weight excluding hydrogens is 588 g/mol. The van der Waals surface area contributed by atoms with Crippen LogP contribution >= 0.6 is 48.0 Å². The van der Waals surface area contributed by atoms with E-state index in [0.29, 0.717) is 23.2 Å². The molecular formula is C31H37Cl4N3O2. The Bertz CT molecular complexity index is 1360. The normalized spacial score (nSPS) is 14.2. The monoisotopic (exact) mass is 623 g/mol. The van der Waals surface area contributed by atoms with Crippen LogP contribution in [0.1, 0.15) is 41.6 Å². The Balaban J connectivity index is 0.00000220. The maximum atomic E-state index is 6.22. The molecule has 1 aliphatic rings. The van der Waals surface area contributed by atoms with Crippen LogP contribution in [0.2, 0.25) is 10.0 Å². The summed E-state index contributed by atoms with van der Waals surface area (Å²) in [5.41, 5.74) is 5.23. The summed E-state index contributed by atoms with van der Waals surface area (Å²) in [5.74, 6) is 1.52. The minimum Gasteiger partial charge on any atom is -0.488 e. The maximum Gasteiger partial charge on any atom is 0.175 e. The van der Waals surface area contributed by atoms with Crippen LogP contribution in [0.15, 0.2) is 65.2 Å². The average Bonchev–Trinajstić information content (AvgIpc) is 3.33. The minimum absolute atomic E-state index is 0. The van der Waals surface area contributed by atoms with Crippen molar-refractivity contribution in [2.45, 2.75) is 45.4 Å². The zero-order valence-electron chi connectivity index (χ0n) is 22.9. The summed E-state index contributed by atoms with van der Waals surface area (Å²) in [7, 11) is 4.09. The molecule has 5 rings (SSSR count). The molecule has 0 aliphatic carbocycles. The van der Waals surface area contributed by atoms with Gasteiger partial charge in [-0.25, -0.2) is 0 Å². The smallest absolute Gasteiger partial charge is 0.175 e. The second kappa shape index (κ2) is 15.3. The summed E-state index contributed by atoms with van der Waals surface area (Å²) in [6, 6.07) is 20.5. The molecule has 216 valence electrons. The zero-order chi connectivity index (χ0) is 26.5. The zero-order valence-corrected chi connectivity index (χ0v) is 26.1. The van der Waals surface area contributed by atoms with Crippen molar-refractivity contribution >= 4 is 59.0 Å². The Labute approximate surface area is 259 Å². The lowest BCUT2D eigenvalue weighted by molar-refractivity contribution is 0.172. The number of likely N-dealkylation sites (tertiary alicyclic amines) is 1. The van der Waals surface area contributed by atoms with E-state index in [2.05, 4.69) is 51.4 Å². The highest BCUT2D eigenvalue weighted by Crippen LogP contribution is 2.33. The van der Waals surface area contributed by atoms with Gasteiger partial charge in [-0.1, -0.05) is 64.8 Å². The van der Waals surface area contributed by atoms with Gasteiger partial charge in [0.1, 0.15) is 12.4 Å². The first-order valence-electron chi connectivity index (χ1n) is 13.3. The van der Waals surface area contributed by atoms with Crippen molar-refractivity contribution in [2.24, 2.45) is 5.92 Å². The Kier molecular flexibility index (Phi) is 12.4. The summed E-state index contributed by atoms with van der Waals surface area (Å²) in [6.45, 7) is 4.46. The first-order valence-corrected chi connectivity index (χ1v) is 14.1. The van der Waals surface area contributed by atoms with Crippen molar-refractivity contribution in [1.29, 1.82) is 0 Å². The largest absolute Gasteiger partial charge is 0.488 e. The van der Waals surface area contributed by atoms with Gasteiger partial charge in [0.25, 0.3) is 0 Å². The van der Waals surface area contributed by atoms with E-state index in [1.807, 2.05) is 32.3 Å². The molecule has 0 bridgehead atoms. The number of ether oxygens (including phenoxy) is 1. The SMILES string of the molecule is CN(C)Cc1c(OCc2ccc(Cl)c(Cl)c2)ccc2c(CCC3CCN(Cc4ccccc4)CC3)noc12.Cl.Cl. The van der Waals surface area contributed by atoms with Gasteiger partial charge in [0, 0.05) is 18.5 Å². The second-order valence-electron chi connectivity index (χ2n) is 10.6. The third kappa shape index (κ3) is 8.28. The molecule has 0 atom stereocenters. The number of fused-ring (bicyclic) bond motifs is 1. The Hall–Kier alpha value is -1.99. The number of piperidine rings is 1. The van der Waals surface area contributed by atoms with E-state index in [1.165, 1.54) is 18.4 Å². The van der Waals surface area contributed by atoms with Crippen molar-refractivity contribution in [3.05, 3.63) is 93.1 Å². The third-order valence-electron chi connectivity index (χ3n) is 7.37. The average molecular weight is 625 g/mol. The fraction of sp³-hybridized carbons (Fsp3) is 0.387. The molecule has 0 spiro atoms. The molecule has 2 heterocycles. The molecule has 1 aliphatic heterocycles. The predicted octanol–water partition coefficient (Wildman–Crippen LogP) is 8.46. The van der Waals surface area contributed by atoms with Gasteiger partial charge in [-0.2, -0.15) is 0 Å². The molecule has 40 heavy (non-hydrogen) atoms. The lowest BCUT2D eigenvalue weighted by atomic mass is 9.91. The van der Waals surface area contributed by atoms with Gasteiger partial charge in [0.2, 0.25) is 0 Å². The topological polar surface area (TPSA) is 41.7 Å². The number of halogens is 4. The second-order valence-corrected chi connectivity index (χ2v) is 11.4. The van der Waals surface area contributed by atoms with E-state index in [4.69, 9.17) is 32.5 Å². The van der Waals surface area contributed by atoms with Gasteiger partial charge in [-0.3, -0.25) is 4.90 Å². The summed E-state index contributed by atoms with van der Waals surface area (Å²) in [6.07, 6.45) is 4.54. The Morgan fingerprint density at radius 1 is 0.950 bits per heavy atom. The fourth-order valence-electron chi connectivity index (χ4n) is 5.28. The summed E-state index contributed by atoms with van der Waals surface area (Å²) >= 11 is 12.2. The highest BCUT2D eigenvalue weighted by molar-refractivity contribution is 6.42. The van der Waals surface area contributed by atoms with E-state index in [9.17, 15) is 0 Å². The van der Waals surface area contributed by atoms with Crippen molar-refractivity contribution < 1.29 is 9.26 Å². The molecule has 4 aromatic rings. The number of aryl methyl sites for hydroxylation is 1. The van der Waals surface area contributed by atoms with Crippen molar-refractivity contribution in [2.75, 3.05) is 27.2 Å². The van der Waals surface area contributed by atoms with Gasteiger partial charge < -0.3 is 14.2 Å². The first kappa shape index (κ1) is 32.5. The number of benzene rings is 3. The molecule has 0 saturated carbocycles. The molecule has 0 N–H and O–H groups in total. The van der Waals surface area contributed by atoms with Crippen LogP contribution in [0, 0.1) is 5.92 Å². The van der Waals surface area contributed by atoms with Crippen LogP contribution in [0.3, 0.4) is 0 Å². The third-order valence-corrected chi connectivity index (χ3v) is 8.11. The van der Waals surface area contributed by atoms with Crippen LogP contribution in [0.25, 0.3) is 11.0 Å². The predicted molar refractivity (Wildman–Crippen MR) is 169 cm³/mol. The lowest BCUT2D eigenvalue weighted by Crippen LogP contribution is -2.33. The van der Waals surface area contributed by atoms with Gasteiger partial charge >= 0.3 is 0 Å². The summed E-state index contributed by atoms with van der Waals surface area (Å²) in [4.78, 5) is 4.69. The van der Waals surface area contributed by atoms with Crippen LogP contribution < -0.4 is 4.74 Å². The molecule has 1 aromatic heterocycles. The van der Waals surface area contributed by atoms with Gasteiger partial charge in [-0.05, 0) is 94.2 Å². The van der Waals surface area contributed by atoms with E-state index >= 15 is 0 Å². The quantitative estimate of drug-likeness (QED) is 0.177. The van der Waals surface area contributed by atoms with E-state index < -0.39 is 0 Å². The van der Waals surface area contributed by atoms with Crippen LogP contribution in [-0.4, -0.2) is 42.1 Å². The molecule has 5 nitrogen and oxygen atoms in total. The molecule has 1 saturated heterocycles. The Morgan fingerprint density at radius 2 is 1.70 bits per heavy atom. The molecule has 9 heteroatoms. The molecule has 1 fully saturated rings. The van der Waals surface area contributed by atoms with Crippen molar-refractivity contribution in [3.63, 3.8) is 0 Å². The lowest BCUT2D eigenvalue weighted by Gasteiger charge is -2.31.